The Morgan fingerprint density at radius 1 is 1.28 bits per heavy atom. The van der Waals surface area contributed by atoms with Gasteiger partial charge in [-0.05, 0) is 68.7 Å². The number of amides is 1. The first-order valence-electron chi connectivity index (χ1n) is 11.9. The van der Waals surface area contributed by atoms with Crippen LogP contribution in [0.5, 0.6) is 0 Å². The maximum absolute atomic E-state index is 13.0. The van der Waals surface area contributed by atoms with Crippen molar-refractivity contribution in [3.8, 4) is 0 Å². The third-order valence-corrected chi connectivity index (χ3v) is 9.48. The highest BCUT2D eigenvalue weighted by Crippen LogP contribution is 2.27. The molecule has 1 atom stereocenters. The molecule has 11 heteroatoms. The first-order valence-corrected chi connectivity index (χ1v) is 14.5. The monoisotopic (exact) mass is 551 g/mol. The average molecular weight is 552 g/mol. The van der Waals surface area contributed by atoms with Crippen LogP contribution < -0.4 is 4.80 Å². The molecular formula is C25H30ClN3O5S2. The average Bonchev–Trinajstić information content (AvgIpc) is 3.50. The van der Waals surface area contributed by atoms with Gasteiger partial charge < -0.3 is 14.0 Å². The Morgan fingerprint density at radius 2 is 2.03 bits per heavy atom. The first kappa shape index (κ1) is 27.0. The van der Waals surface area contributed by atoms with E-state index in [4.69, 9.17) is 21.1 Å². The lowest BCUT2D eigenvalue weighted by atomic mass is 10.2. The third kappa shape index (κ3) is 5.74. The summed E-state index contributed by atoms with van der Waals surface area (Å²) >= 11 is 7.76. The summed E-state index contributed by atoms with van der Waals surface area (Å²) in [4.78, 5) is 18.1. The van der Waals surface area contributed by atoms with Gasteiger partial charge in [-0.15, -0.1) is 0 Å². The standard InChI is InChI=1S/C25H30ClN3O5S2/c1-4-33-15-13-29-23-17(2)21(26)11-12-22(23)35-25(29)27-24(30)18-7-9-20(10-8-18)36(31,32)28(3)16-19-6-5-14-34-19/h7-12,19H,4-6,13-16H2,1-3H3. The normalized spacial score (nSPS) is 16.9. The molecule has 0 aliphatic carbocycles. The van der Waals surface area contributed by atoms with Crippen molar-refractivity contribution >= 4 is 49.1 Å². The second kappa shape index (κ2) is 11.5. The molecule has 2 aromatic carbocycles. The van der Waals surface area contributed by atoms with Crippen molar-refractivity contribution in [3.05, 3.63) is 57.3 Å². The van der Waals surface area contributed by atoms with Gasteiger partial charge >= 0.3 is 0 Å². The van der Waals surface area contributed by atoms with Crippen LogP contribution in [-0.4, -0.2) is 62.7 Å². The number of nitrogens with zero attached hydrogens (tertiary/aromatic N) is 3. The summed E-state index contributed by atoms with van der Waals surface area (Å²) in [5.74, 6) is -0.452. The molecule has 0 spiro atoms. The summed E-state index contributed by atoms with van der Waals surface area (Å²) in [5, 5.41) is 0.643. The number of ether oxygens (including phenoxy) is 2. The maximum atomic E-state index is 13.0. The van der Waals surface area contributed by atoms with Gasteiger partial charge in [0, 0.05) is 43.9 Å². The molecule has 1 unspecified atom stereocenters. The molecule has 1 amide bonds. The zero-order chi connectivity index (χ0) is 25.9. The third-order valence-electron chi connectivity index (χ3n) is 6.18. The largest absolute Gasteiger partial charge is 0.380 e. The smallest absolute Gasteiger partial charge is 0.279 e. The number of aryl methyl sites for hydroxylation is 1. The molecule has 4 rings (SSSR count). The number of carbonyl (C=O) groups excluding carboxylic acids is 1. The fraction of sp³-hybridized carbons (Fsp3) is 0.440. The molecule has 36 heavy (non-hydrogen) atoms. The summed E-state index contributed by atoms with van der Waals surface area (Å²) in [6.07, 6.45) is 1.71. The molecule has 3 aromatic rings. The molecule has 1 saturated heterocycles. The molecule has 1 aliphatic rings. The fourth-order valence-electron chi connectivity index (χ4n) is 4.18. The molecule has 2 heterocycles. The molecule has 1 fully saturated rings. The van der Waals surface area contributed by atoms with Crippen molar-refractivity contribution < 1.29 is 22.7 Å². The number of hydrogen-bond acceptors (Lipinski definition) is 6. The summed E-state index contributed by atoms with van der Waals surface area (Å²) in [5.41, 5.74) is 2.14. The predicted octanol–water partition coefficient (Wildman–Crippen LogP) is 4.24. The van der Waals surface area contributed by atoms with Crippen molar-refractivity contribution in [1.82, 2.24) is 8.87 Å². The van der Waals surface area contributed by atoms with Crippen molar-refractivity contribution in [1.29, 1.82) is 0 Å². The summed E-state index contributed by atoms with van der Waals surface area (Å²) < 4.78 is 41.2. The topological polar surface area (TPSA) is 90.2 Å². The number of fused-ring (bicyclic) bond motifs is 1. The summed E-state index contributed by atoms with van der Waals surface area (Å²) in [6, 6.07) is 9.65. The number of carbonyl (C=O) groups is 1. The highest BCUT2D eigenvalue weighted by molar-refractivity contribution is 7.89. The number of hydrogen-bond donors (Lipinski definition) is 0. The van der Waals surface area contributed by atoms with E-state index >= 15 is 0 Å². The van der Waals surface area contributed by atoms with E-state index in [1.807, 2.05) is 30.5 Å². The van der Waals surface area contributed by atoms with Crippen LogP contribution in [0, 0.1) is 6.92 Å². The Kier molecular flexibility index (Phi) is 8.64. The van der Waals surface area contributed by atoms with Crippen molar-refractivity contribution in [3.63, 3.8) is 0 Å². The van der Waals surface area contributed by atoms with Crippen LogP contribution in [0.3, 0.4) is 0 Å². The maximum Gasteiger partial charge on any atom is 0.279 e. The molecular weight excluding hydrogens is 522 g/mol. The van der Waals surface area contributed by atoms with Crippen LogP contribution in [-0.2, 0) is 26.0 Å². The van der Waals surface area contributed by atoms with Gasteiger partial charge in [-0.25, -0.2) is 8.42 Å². The molecule has 194 valence electrons. The van der Waals surface area contributed by atoms with Gasteiger partial charge in [0.25, 0.3) is 5.91 Å². The summed E-state index contributed by atoms with van der Waals surface area (Å²) in [7, 11) is -2.15. The molecule has 8 nitrogen and oxygen atoms in total. The van der Waals surface area contributed by atoms with Crippen LogP contribution >= 0.6 is 22.9 Å². The summed E-state index contributed by atoms with van der Waals surface area (Å²) in [6.45, 7) is 6.42. The number of benzene rings is 2. The quantitative estimate of drug-likeness (QED) is 0.371. The van der Waals surface area contributed by atoms with Crippen molar-refractivity contribution in [2.75, 3.05) is 33.4 Å². The second-order valence-electron chi connectivity index (χ2n) is 8.61. The zero-order valence-electron chi connectivity index (χ0n) is 20.6. The fourth-order valence-corrected chi connectivity index (χ4v) is 6.65. The van der Waals surface area contributed by atoms with E-state index in [0.717, 1.165) is 28.6 Å². The molecule has 0 bridgehead atoms. The van der Waals surface area contributed by atoms with E-state index in [0.29, 0.717) is 48.3 Å². The van der Waals surface area contributed by atoms with Crippen LogP contribution in [0.25, 0.3) is 10.2 Å². The highest BCUT2D eigenvalue weighted by Gasteiger charge is 2.26. The number of sulfonamides is 1. The Morgan fingerprint density at radius 3 is 2.69 bits per heavy atom. The molecule has 1 aliphatic heterocycles. The SMILES string of the molecule is CCOCCn1c(=NC(=O)c2ccc(S(=O)(=O)N(C)CC3CCCO3)cc2)sc2ccc(Cl)c(C)c21. The highest BCUT2D eigenvalue weighted by atomic mass is 35.5. The van der Waals surface area contributed by atoms with Gasteiger partial charge in [-0.2, -0.15) is 9.30 Å². The van der Waals surface area contributed by atoms with Crippen LogP contribution in [0.1, 0.15) is 35.7 Å². The number of thiazole rings is 1. The van der Waals surface area contributed by atoms with Gasteiger partial charge in [-0.3, -0.25) is 4.79 Å². The predicted molar refractivity (Wildman–Crippen MR) is 141 cm³/mol. The van der Waals surface area contributed by atoms with Crippen LogP contribution in [0.2, 0.25) is 5.02 Å². The minimum atomic E-state index is -3.69. The van der Waals surface area contributed by atoms with Crippen molar-refractivity contribution in [2.45, 2.75) is 44.2 Å². The van der Waals surface area contributed by atoms with Gasteiger partial charge in [0.2, 0.25) is 10.0 Å². The van der Waals surface area contributed by atoms with Gasteiger partial charge in [-0.1, -0.05) is 22.9 Å². The first-order chi connectivity index (χ1) is 17.2. The van der Waals surface area contributed by atoms with E-state index in [1.165, 1.54) is 39.9 Å². The lowest BCUT2D eigenvalue weighted by Crippen LogP contribution is -2.34. The minimum Gasteiger partial charge on any atom is -0.380 e. The lowest BCUT2D eigenvalue weighted by Gasteiger charge is -2.20. The van der Waals surface area contributed by atoms with E-state index in [2.05, 4.69) is 4.99 Å². The van der Waals surface area contributed by atoms with Crippen LogP contribution in [0.15, 0.2) is 46.3 Å². The van der Waals surface area contributed by atoms with Crippen molar-refractivity contribution in [2.24, 2.45) is 4.99 Å². The lowest BCUT2D eigenvalue weighted by molar-refractivity contribution is 0.0979. The van der Waals surface area contributed by atoms with E-state index < -0.39 is 15.9 Å². The number of halogens is 1. The molecule has 0 radical (unpaired) electrons. The number of rotatable bonds is 9. The number of aromatic nitrogens is 1. The zero-order valence-corrected chi connectivity index (χ0v) is 23.0. The van der Waals surface area contributed by atoms with Gasteiger partial charge in [0.1, 0.15) is 0 Å². The Bertz CT molecular complexity index is 1410. The molecule has 0 N–H and O–H groups in total. The van der Waals surface area contributed by atoms with E-state index in [-0.39, 0.29) is 11.0 Å². The molecule has 0 saturated carbocycles. The minimum absolute atomic E-state index is 0.0846. The number of likely N-dealkylation sites (N-methyl/N-ethyl adjacent to an activating group) is 1. The Labute approximate surface area is 220 Å². The molecule has 1 aromatic heterocycles. The van der Waals surface area contributed by atoms with Gasteiger partial charge in [0.15, 0.2) is 4.80 Å². The van der Waals surface area contributed by atoms with Crippen LogP contribution in [0.4, 0.5) is 0 Å². The van der Waals surface area contributed by atoms with E-state index in [1.54, 1.807) is 7.05 Å². The van der Waals surface area contributed by atoms with Gasteiger partial charge in [0.05, 0.1) is 27.8 Å². The Balaban J connectivity index is 1.61. The van der Waals surface area contributed by atoms with E-state index in [9.17, 15) is 13.2 Å². The Hall–Kier alpha value is -2.08. The second-order valence-corrected chi connectivity index (χ2v) is 12.1.